The van der Waals surface area contributed by atoms with Crippen molar-refractivity contribution in [2.75, 3.05) is 13.7 Å². The quantitative estimate of drug-likeness (QED) is 0.761. The molecule has 0 heterocycles. The summed E-state index contributed by atoms with van der Waals surface area (Å²) in [6, 6.07) is 19.3. The van der Waals surface area contributed by atoms with Gasteiger partial charge in [0.05, 0.1) is 20.3 Å². The van der Waals surface area contributed by atoms with Crippen LogP contribution >= 0.6 is 0 Å². The van der Waals surface area contributed by atoms with E-state index < -0.39 is 6.04 Å². The average molecular weight is 299 g/mol. The number of hydrogen-bond donors (Lipinski definition) is 1. The van der Waals surface area contributed by atoms with Gasteiger partial charge in [0.1, 0.15) is 6.04 Å². The molecule has 0 bridgehead atoms. The molecule has 2 aromatic carbocycles. The van der Waals surface area contributed by atoms with Gasteiger partial charge in [-0.15, -0.1) is 0 Å². The number of carbonyl (C=O) groups is 1. The number of rotatable bonds is 8. The maximum absolute atomic E-state index is 11.8. The van der Waals surface area contributed by atoms with Gasteiger partial charge in [0.2, 0.25) is 0 Å². The first kappa shape index (κ1) is 16.2. The summed E-state index contributed by atoms with van der Waals surface area (Å²) < 4.78 is 10.5. The van der Waals surface area contributed by atoms with Gasteiger partial charge in [-0.05, 0) is 11.1 Å². The van der Waals surface area contributed by atoms with Crippen molar-refractivity contribution < 1.29 is 14.3 Å². The van der Waals surface area contributed by atoms with Gasteiger partial charge in [-0.1, -0.05) is 60.7 Å². The zero-order chi connectivity index (χ0) is 15.6. The molecule has 0 unspecified atom stereocenters. The fraction of sp³-hybridized carbons (Fsp3) is 0.278. The number of nitrogens with one attached hydrogen (secondary N) is 1. The van der Waals surface area contributed by atoms with E-state index in [1.54, 1.807) is 0 Å². The first-order chi connectivity index (χ1) is 10.8. The molecule has 4 nitrogen and oxygen atoms in total. The van der Waals surface area contributed by atoms with Crippen LogP contribution in [0.15, 0.2) is 60.7 Å². The Morgan fingerprint density at radius 1 is 1.00 bits per heavy atom. The topological polar surface area (TPSA) is 47.6 Å². The fourth-order valence-corrected chi connectivity index (χ4v) is 2.06. The molecule has 0 spiro atoms. The molecule has 0 aromatic heterocycles. The Labute approximate surface area is 131 Å². The standard InChI is InChI=1S/C18H21NO3/c1-21-18(20)17(19-12-15-8-4-2-5-9-15)14-22-13-16-10-6-3-7-11-16/h2-11,17,19H,12-14H2,1H3/t17-/m1/s1. The van der Waals surface area contributed by atoms with E-state index in [1.807, 2.05) is 60.7 Å². The molecule has 116 valence electrons. The van der Waals surface area contributed by atoms with Crippen LogP contribution in [-0.4, -0.2) is 25.7 Å². The van der Waals surface area contributed by atoms with E-state index in [0.29, 0.717) is 13.2 Å². The molecular formula is C18H21NO3. The van der Waals surface area contributed by atoms with Crippen molar-refractivity contribution >= 4 is 5.97 Å². The Kier molecular flexibility index (Phi) is 6.61. The van der Waals surface area contributed by atoms with E-state index in [9.17, 15) is 4.79 Å². The van der Waals surface area contributed by atoms with Crippen LogP contribution in [0.5, 0.6) is 0 Å². The minimum atomic E-state index is -0.478. The second-order valence-electron chi connectivity index (χ2n) is 4.94. The number of methoxy groups -OCH3 is 1. The van der Waals surface area contributed by atoms with Crippen LogP contribution in [0.4, 0.5) is 0 Å². The van der Waals surface area contributed by atoms with Crippen LogP contribution < -0.4 is 5.32 Å². The van der Waals surface area contributed by atoms with E-state index in [0.717, 1.165) is 11.1 Å². The average Bonchev–Trinajstić information content (AvgIpc) is 2.59. The Bertz CT molecular complexity index is 557. The number of benzene rings is 2. The Morgan fingerprint density at radius 3 is 2.18 bits per heavy atom. The second-order valence-corrected chi connectivity index (χ2v) is 4.94. The molecule has 0 amide bonds. The molecule has 22 heavy (non-hydrogen) atoms. The molecule has 0 aliphatic rings. The van der Waals surface area contributed by atoms with Gasteiger partial charge >= 0.3 is 5.97 Å². The highest BCUT2D eigenvalue weighted by Crippen LogP contribution is 2.03. The van der Waals surface area contributed by atoms with Gasteiger partial charge in [-0.2, -0.15) is 0 Å². The zero-order valence-electron chi connectivity index (χ0n) is 12.7. The Hall–Kier alpha value is -2.17. The van der Waals surface area contributed by atoms with Gasteiger partial charge in [0, 0.05) is 6.54 Å². The lowest BCUT2D eigenvalue weighted by Crippen LogP contribution is -2.41. The van der Waals surface area contributed by atoms with Crippen molar-refractivity contribution in [3.05, 3.63) is 71.8 Å². The number of hydrogen-bond acceptors (Lipinski definition) is 4. The Balaban J connectivity index is 1.82. The third-order valence-electron chi connectivity index (χ3n) is 3.28. The first-order valence-electron chi connectivity index (χ1n) is 7.26. The molecule has 0 saturated heterocycles. The van der Waals surface area contributed by atoms with Crippen LogP contribution in [0, 0.1) is 0 Å². The highest BCUT2D eigenvalue weighted by molar-refractivity contribution is 5.75. The third-order valence-corrected chi connectivity index (χ3v) is 3.28. The molecule has 0 saturated carbocycles. The minimum absolute atomic E-state index is 0.272. The predicted octanol–water partition coefficient (Wildman–Crippen LogP) is 2.53. The molecule has 0 fully saturated rings. The first-order valence-corrected chi connectivity index (χ1v) is 7.26. The lowest BCUT2D eigenvalue weighted by molar-refractivity contribution is -0.145. The number of ether oxygens (including phenoxy) is 2. The predicted molar refractivity (Wildman–Crippen MR) is 85.2 cm³/mol. The maximum Gasteiger partial charge on any atom is 0.325 e. The number of esters is 1. The smallest absolute Gasteiger partial charge is 0.325 e. The summed E-state index contributed by atoms with van der Waals surface area (Å²) in [5, 5.41) is 3.17. The van der Waals surface area contributed by atoms with Gasteiger partial charge < -0.3 is 9.47 Å². The summed E-state index contributed by atoms with van der Waals surface area (Å²) in [6.45, 7) is 1.34. The molecular weight excluding hydrogens is 278 g/mol. The molecule has 4 heteroatoms. The summed E-state index contributed by atoms with van der Waals surface area (Å²) in [7, 11) is 1.39. The van der Waals surface area contributed by atoms with Crippen molar-refractivity contribution in [1.29, 1.82) is 0 Å². The van der Waals surface area contributed by atoms with Crippen molar-refractivity contribution in [3.8, 4) is 0 Å². The SMILES string of the molecule is COC(=O)[C@@H](COCc1ccccc1)NCc1ccccc1. The highest BCUT2D eigenvalue weighted by atomic mass is 16.5. The summed E-state index contributed by atoms with van der Waals surface area (Å²) in [4.78, 5) is 11.8. The van der Waals surface area contributed by atoms with Crippen molar-refractivity contribution in [3.63, 3.8) is 0 Å². The van der Waals surface area contributed by atoms with E-state index in [2.05, 4.69) is 5.32 Å². The van der Waals surface area contributed by atoms with Crippen LogP contribution in [0.2, 0.25) is 0 Å². The van der Waals surface area contributed by atoms with Crippen LogP contribution in [0.3, 0.4) is 0 Å². The van der Waals surface area contributed by atoms with Gasteiger partial charge in [-0.3, -0.25) is 10.1 Å². The lowest BCUT2D eigenvalue weighted by atomic mass is 10.2. The van der Waals surface area contributed by atoms with Crippen LogP contribution in [0.1, 0.15) is 11.1 Å². The monoisotopic (exact) mass is 299 g/mol. The summed E-state index contributed by atoms with van der Waals surface area (Å²) in [5.41, 5.74) is 2.19. The molecule has 2 aromatic rings. The largest absolute Gasteiger partial charge is 0.468 e. The summed E-state index contributed by atoms with van der Waals surface area (Å²) in [6.07, 6.45) is 0. The molecule has 0 radical (unpaired) electrons. The van der Waals surface area contributed by atoms with E-state index in [4.69, 9.17) is 9.47 Å². The van der Waals surface area contributed by atoms with Crippen molar-refractivity contribution in [1.82, 2.24) is 5.32 Å². The summed E-state index contributed by atoms with van der Waals surface area (Å²) >= 11 is 0. The second kappa shape index (κ2) is 8.97. The molecule has 1 N–H and O–H groups in total. The van der Waals surface area contributed by atoms with Gasteiger partial charge in [0.25, 0.3) is 0 Å². The zero-order valence-corrected chi connectivity index (χ0v) is 12.7. The Morgan fingerprint density at radius 2 is 1.59 bits per heavy atom. The normalized spacial score (nSPS) is 11.9. The highest BCUT2D eigenvalue weighted by Gasteiger charge is 2.18. The lowest BCUT2D eigenvalue weighted by Gasteiger charge is -2.16. The molecule has 0 aliphatic carbocycles. The van der Waals surface area contributed by atoms with E-state index in [-0.39, 0.29) is 12.6 Å². The van der Waals surface area contributed by atoms with Crippen molar-refractivity contribution in [2.45, 2.75) is 19.2 Å². The van der Waals surface area contributed by atoms with E-state index >= 15 is 0 Å². The molecule has 2 rings (SSSR count). The molecule has 1 atom stereocenters. The fourth-order valence-electron chi connectivity index (χ4n) is 2.06. The summed E-state index contributed by atoms with van der Waals surface area (Å²) in [5.74, 6) is -0.316. The van der Waals surface area contributed by atoms with Crippen molar-refractivity contribution in [2.24, 2.45) is 0 Å². The minimum Gasteiger partial charge on any atom is -0.468 e. The van der Waals surface area contributed by atoms with Gasteiger partial charge in [-0.25, -0.2) is 0 Å². The molecule has 0 aliphatic heterocycles. The van der Waals surface area contributed by atoms with Gasteiger partial charge in [0.15, 0.2) is 0 Å². The van der Waals surface area contributed by atoms with Crippen LogP contribution in [-0.2, 0) is 27.4 Å². The third kappa shape index (κ3) is 5.31. The van der Waals surface area contributed by atoms with E-state index in [1.165, 1.54) is 7.11 Å². The number of carbonyl (C=O) groups excluding carboxylic acids is 1. The van der Waals surface area contributed by atoms with Crippen LogP contribution in [0.25, 0.3) is 0 Å². The maximum atomic E-state index is 11.8.